The van der Waals surface area contributed by atoms with E-state index in [0.29, 0.717) is 0 Å². The van der Waals surface area contributed by atoms with Crippen LogP contribution < -0.4 is 5.19 Å². The first-order chi connectivity index (χ1) is 7.91. The highest BCUT2D eigenvalue weighted by molar-refractivity contribution is 6.91. The second-order valence-electron chi connectivity index (χ2n) is 5.60. The lowest BCUT2D eigenvalue weighted by Gasteiger charge is -2.34. The second-order valence-corrected chi connectivity index (χ2v) is 8.90. The van der Waals surface area contributed by atoms with Crippen LogP contribution in [0.2, 0.25) is 6.04 Å². The summed E-state index contributed by atoms with van der Waals surface area (Å²) in [5.74, 6) is 0. The van der Waals surface area contributed by atoms with Gasteiger partial charge in [-0.3, -0.25) is 0 Å². The van der Waals surface area contributed by atoms with Crippen LogP contribution in [-0.4, -0.2) is 25.1 Å². The first-order valence-electron chi connectivity index (χ1n) is 6.04. The molecule has 92 valence electrons. The van der Waals surface area contributed by atoms with Gasteiger partial charge in [0.25, 0.3) is 8.32 Å². The van der Waals surface area contributed by atoms with E-state index in [4.69, 9.17) is 4.43 Å². The molecule has 3 heteroatoms. The van der Waals surface area contributed by atoms with Crippen LogP contribution in [0.1, 0.15) is 20.8 Å². The van der Waals surface area contributed by atoms with Gasteiger partial charge in [0.1, 0.15) is 0 Å². The highest BCUT2D eigenvalue weighted by atomic mass is 28.4. The summed E-state index contributed by atoms with van der Waals surface area (Å²) in [6.07, 6.45) is 1.52. The van der Waals surface area contributed by atoms with Crippen LogP contribution in [0.5, 0.6) is 0 Å². The second kappa shape index (κ2) is 4.41. The van der Waals surface area contributed by atoms with Gasteiger partial charge < -0.3 is 9.53 Å². The molecule has 0 saturated carbocycles. The third kappa shape index (κ3) is 2.86. The summed E-state index contributed by atoms with van der Waals surface area (Å²) >= 11 is 0. The predicted molar refractivity (Wildman–Crippen MR) is 72.6 cm³/mol. The maximum absolute atomic E-state index is 9.79. The quantitative estimate of drug-likeness (QED) is 0.812. The Bertz CT molecular complexity index is 408. The van der Waals surface area contributed by atoms with E-state index in [1.807, 2.05) is 24.3 Å². The van der Waals surface area contributed by atoms with Crippen molar-refractivity contribution in [2.45, 2.75) is 38.5 Å². The summed E-state index contributed by atoms with van der Waals surface area (Å²) in [5, 5.41) is 11.0. The Hall–Kier alpha value is -0.903. The van der Waals surface area contributed by atoms with Crippen molar-refractivity contribution in [3.8, 4) is 0 Å². The molecule has 2 atom stereocenters. The van der Waals surface area contributed by atoms with Crippen molar-refractivity contribution in [2.24, 2.45) is 0 Å². The van der Waals surface area contributed by atoms with Crippen LogP contribution >= 0.6 is 0 Å². The van der Waals surface area contributed by atoms with Gasteiger partial charge in [0, 0.05) is 11.6 Å². The Morgan fingerprint density at radius 3 is 2.35 bits per heavy atom. The molecule has 0 amide bonds. The fraction of sp³-hybridized carbons (Fsp3) is 0.429. The van der Waals surface area contributed by atoms with Gasteiger partial charge >= 0.3 is 0 Å². The van der Waals surface area contributed by atoms with Gasteiger partial charge in [0.2, 0.25) is 0 Å². The molecule has 2 nitrogen and oxygen atoms in total. The van der Waals surface area contributed by atoms with Crippen LogP contribution in [0.15, 0.2) is 42.1 Å². The zero-order chi connectivity index (χ0) is 12.5. The Morgan fingerprint density at radius 1 is 1.24 bits per heavy atom. The molecule has 0 bridgehead atoms. The van der Waals surface area contributed by atoms with E-state index in [2.05, 4.69) is 38.6 Å². The lowest BCUT2D eigenvalue weighted by molar-refractivity contribution is 0.122. The Kier molecular flexibility index (Phi) is 3.25. The minimum Gasteiger partial charge on any atom is -0.404 e. The Labute approximate surface area is 104 Å². The SMILES string of the molecule is CC(C)(C)O[Si@@]1(c2ccccc2)C=C[C@H](O)C1. The Balaban J connectivity index is 2.36. The van der Waals surface area contributed by atoms with E-state index in [1.54, 1.807) is 0 Å². The number of hydrogen-bond donors (Lipinski definition) is 1. The lowest BCUT2D eigenvalue weighted by atomic mass is 10.2. The first kappa shape index (κ1) is 12.6. The van der Waals surface area contributed by atoms with Crippen molar-refractivity contribution >= 4 is 13.5 Å². The molecule has 1 heterocycles. The van der Waals surface area contributed by atoms with Gasteiger partial charge in [0.15, 0.2) is 0 Å². The maximum Gasteiger partial charge on any atom is 0.252 e. The van der Waals surface area contributed by atoms with Crippen molar-refractivity contribution in [3.05, 3.63) is 42.1 Å². The van der Waals surface area contributed by atoms with E-state index in [1.165, 1.54) is 5.19 Å². The van der Waals surface area contributed by atoms with Gasteiger partial charge in [-0.05, 0) is 26.0 Å². The number of aliphatic hydroxyl groups is 1. The molecule has 1 aromatic rings. The zero-order valence-corrected chi connectivity index (χ0v) is 11.7. The molecule has 1 N–H and O–H groups in total. The van der Waals surface area contributed by atoms with E-state index in [9.17, 15) is 5.11 Å². The van der Waals surface area contributed by atoms with E-state index < -0.39 is 8.32 Å². The summed E-state index contributed by atoms with van der Waals surface area (Å²) in [6.45, 7) is 6.22. The molecule has 0 aliphatic carbocycles. The van der Waals surface area contributed by atoms with Crippen LogP contribution in [0.25, 0.3) is 0 Å². The standard InChI is InChI=1S/C14H20O2Si/c1-14(2,3)16-17(10-9-12(15)11-17)13-7-5-4-6-8-13/h4-10,12,15H,11H2,1-3H3/t12-,17-/m0/s1. The molecule has 0 unspecified atom stereocenters. The molecular weight excluding hydrogens is 228 g/mol. The molecule has 2 rings (SSSR count). The summed E-state index contributed by atoms with van der Waals surface area (Å²) in [5.41, 5.74) is 1.94. The number of aliphatic hydroxyl groups excluding tert-OH is 1. The molecule has 0 aromatic heterocycles. The number of rotatable bonds is 2. The topological polar surface area (TPSA) is 29.5 Å². The first-order valence-corrected chi connectivity index (χ1v) is 8.24. The van der Waals surface area contributed by atoms with Gasteiger partial charge in [0.05, 0.1) is 6.10 Å². The zero-order valence-electron chi connectivity index (χ0n) is 10.7. The third-order valence-corrected chi connectivity index (χ3v) is 6.89. The molecule has 17 heavy (non-hydrogen) atoms. The van der Waals surface area contributed by atoms with Crippen molar-refractivity contribution in [2.75, 3.05) is 0 Å². The van der Waals surface area contributed by atoms with Crippen molar-refractivity contribution in [1.29, 1.82) is 0 Å². The highest BCUT2D eigenvalue weighted by Gasteiger charge is 2.43. The maximum atomic E-state index is 9.79. The van der Waals surface area contributed by atoms with Crippen molar-refractivity contribution in [1.82, 2.24) is 0 Å². The van der Waals surface area contributed by atoms with Gasteiger partial charge in [-0.2, -0.15) is 0 Å². The molecule has 0 saturated heterocycles. The van der Waals surface area contributed by atoms with Gasteiger partial charge in [-0.25, -0.2) is 0 Å². The average molecular weight is 248 g/mol. The predicted octanol–water partition coefficient (Wildman–Crippen LogP) is 2.12. The van der Waals surface area contributed by atoms with Gasteiger partial charge in [-0.1, -0.05) is 42.1 Å². The molecule has 1 aliphatic rings. The van der Waals surface area contributed by atoms with Crippen molar-refractivity contribution in [3.63, 3.8) is 0 Å². The van der Waals surface area contributed by atoms with Crippen LogP contribution in [-0.2, 0) is 4.43 Å². The summed E-state index contributed by atoms with van der Waals surface area (Å²) in [6, 6.07) is 11.0. The normalized spacial score (nSPS) is 28.6. The Morgan fingerprint density at radius 2 is 1.88 bits per heavy atom. The van der Waals surface area contributed by atoms with Crippen LogP contribution in [0.4, 0.5) is 0 Å². The molecule has 0 spiro atoms. The summed E-state index contributed by atoms with van der Waals surface area (Å²) in [4.78, 5) is 0. The van der Waals surface area contributed by atoms with E-state index in [-0.39, 0.29) is 11.7 Å². The minimum atomic E-state index is -2.14. The largest absolute Gasteiger partial charge is 0.404 e. The summed E-state index contributed by atoms with van der Waals surface area (Å²) in [7, 11) is -2.14. The monoisotopic (exact) mass is 248 g/mol. The number of benzene rings is 1. The fourth-order valence-electron chi connectivity index (χ4n) is 2.33. The fourth-order valence-corrected chi connectivity index (χ4v) is 6.30. The molecular formula is C14H20O2Si. The average Bonchev–Trinajstić information content (AvgIpc) is 2.60. The molecule has 1 aliphatic heterocycles. The number of hydrogen-bond acceptors (Lipinski definition) is 2. The van der Waals surface area contributed by atoms with Crippen LogP contribution in [0, 0.1) is 0 Å². The van der Waals surface area contributed by atoms with Crippen molar-refractivity contribution < 1.29 is 9.53 Å². The third-order valence-electron chi connectivity index (χ3n) is 2.85. The minimum absolute atomic E-state index is 0.184. The molecule has 0 radical (unpaired) electrons. The smallest absolute Gasteiger partial charge is 0.252 e. The van der Waals surface area contributed by atoms with E-state index in [0.717, 1.165) is 6.04 Å². The van der Waals surface area contributed by atoms with Gasteiger partial charge in [-0.15, -0.1) is 0 Å². The molecule has 1 aromatic carbocycles. The molecule has 0 fully saturated rings. The van der Waals surface area contributed by atoms with Crippen LogP contribution in [0.3, 0.4) is 0 Å². The summed E-state index contributed by atoms with van der Waals surface area (Å²) < 4.78 is 6.33. The van der Waals surface area contributed by atoms with E-state index >= 15 is 0 Å². The lowest BCUT2D eigenvalue weighted by Crippen LogP contribution is -2.52. The highest BCUT2D eigenvalue weighted by Crippen LogP contribution is 2.28.